The third-order valence-electron chi connectivity index (χ3n) is 4.16. The van der Waals surface area contributed by atoms with Gasteiger partial charge < -0.3 is 20.5 Å². The number of carbonyl (C=O) groups excluding carboxylic acids is 2. The molecule has 3 N–H and O–H groups in total. The molecule has 1 aromatic rings. The van der Waals surface area contributed by atoms with Gasteiger partial charge in [0.2, 0.25) is 11.8 Å². The van der Waals surface area contributed by atoms with E-state index in [1.807, 2.05) is 0 Å². The van der Waals surface area contributed by atoms with Crippen molar-refractivity contribution in [3.05, 3.63) is 23.2 Å². The van der Waals surface area contributed by atoms with Gasteiger partial charge in [-0.15, -0.1) is 0 Å². The minimum Gasteiger partial charge on any atom is -0.481 e. The van der Waals surface area contributed by atoms with E-state index in [9.17, 15) is 14.4 Å². The lowest BCUT2D eigenvalue weighted by molar-refractivity contribution is -0.140. The average molecular weight is 355 g/mol. The van der Waals surface area contributed by atoms with Crippen molar-refractivity contribution >= 4 is 40.8 Å². The number of amides is 2. The number of methoxy groups -OCH3 is 1. The van der Waals surface area contributed by atoms with Gasteiger partial charge >= 0.3 is 5.97 Å². The van der Waals surface area contributed by atoms with Crippen molar-refractivity contribution in [1.29, 1.82) is 0 Å². The van der Waals surface area contributed by atoms with Crippen LogP contribution in [0.15, 0.2) is 18.2 Å². The Morgan fingerprint density at radius 3 is 2.42 bits per heavy atom. The highest BCUT2D eigenvalue weighted by molar-refractivity contribution is 6.34. The molecule has 7 nitrogen and oxygen atoms in total. The molecule has 2 amide bonds. The third-order valence-corrected chi connectivity index (χ3v) is 4.47. The molecular weight excluding hydrogens is 336 g/mol. The Kier molecular flexibility index (Phi) is 5.15. The standard InChI is InChI=1S/C16H19ClN2O5/c1-16(2)12(13(16)15(22)23)14(21)18-8-4-5-10(9(17)6-8)19-11(20)7-24-3/h4-6,12-13H,7H2,1-3H3,(H,18,21)(H,19,20)(H,22,23)/t12-,13-/m1/s1. The van der Waals surface area contributed by atoms with Crippen LogP contribution in [0.1, 0.15) is 13.8 Å². The summed E-state index contributed by atoms with van der Waals surface area (Å²) < 4.78 is 4.71. The Balaban J connectivity index is 2.04. The van der Waals surface area contributed by atoms with E-state index in [4.69, 9.17) is 21.4 Å². The number of halogens is 1. The molecule has 1 saturated carbocycles. The molecule has 0 heterocycles. The number of nitrogens with one attached hydrogen (secondary N) is 2. The second-order valence-corrected chi connectivity index (χ2v) is 6.69. The van der Waals surface area contributed by atoms with Gasteiger partial charge in [-0.3, -0.25) is 14.4 Å². The summed E-state index contributed by atoms with van der Waals surface area (Å²) in [5, 5.41) is 14.6. The second-order valence-electron chi connectivity index (χ2n) is 6.28. The van der Waals surface area contributed by atoms with Crippen LogP contribution in [0.25, 0.3) is 0 Å². The van der Waals surface area contributed by atoms with Crippen molar-refractivity contribution in [2.75, 3.05) is 24.4 Å². The normalized spacial score (nSPS) is 21.0. The predicted molar refractivity (Wildman–Crippen MR) is 89.0 cm³/mol. The summed E-state index contributed by atoms with van der Waals surface area (Å²) in [4.78, 5) is 34.9. The molecule has 0 spiro atoms. The molecule has 0 bridgehead atoms. The molecule has 8 heteroatoms. The van der Waals surface area contributed by atoms with Gasteiger partial charge in [0.15, 0.2) is 0 Å². The maximum atomic E-state index is 12.3. The lowest BCUT2D eigenvalue weighted by Crippen LogP contribution is -2.19. The number of carboxylic acids is 1. The van der Waals surface area contributed by atoms with E-state index < -0.39 is 23.2 Å². The first-order chi connectivity index (χ1) is 11.2. The molecule has 1 aliphatic rings. The largest absolute Gasteiger partial charge is 0.481 e. The van der Waals surface area contributed by atoms with Crippen molar-refractivity contribution in [1.82, 2.24) is 0 Å². The monoisotopic (exact) mass is 354 g/mol. The van der Waals surface area contributed by atoms with Crippen molar-refractivity contribution in [2.24, 2.45) is 17.3 Å². The van der Waals surface area contributed by atoms with Crippen LogP contribution in [-0.4, -0.2) is 36.6 Å². The van der Waals surface area contributed by atoms with Crippen LogP contribution < -0.4 is 10.6 Å². The number of anilines is 2. The number of hydrogen-bond acceptors (Lipinski definition) is 4. The van der Waals surface area contributed by atoms with Crippen LogP contribution in [-0.2, 0) is 19.1 Å². The van der Waals surface area contributed by atoms with E-state index in [2.05, 4.69) is 10.6 Å². The van der Waals surface area contributed by atoms with Crippen LogP contribution in [0.5, 0.6) is 0 Å². The van der Waals surface area contributed by atoms with Gasteiger partial charge in [0.05, 0.1) is 22.5 Å². The van der Waals surface area contributed by atoms with Gasteiger partial charge in [0, 0.05) is 12.8 Å². The summed E-state index contributed by atoms with van der Waals surface area (Å²) in [7, 11) is 1.41. The van der Waals surface area contributed by atoms with E-state index in [1.54, 1.807) is 26.0 Å². The van der Waals surface area contributed by atoms with Crippen molar-refractivity contribution in [2.45, 2.75) is 13.8 Å². The quantitative estimate of drug-likeness (QED) is 0.726. The number of carbonyl (C=O) groups is 3. The number of rotatable bonds is 6. The lowest BCUT2D eigenvalue weighted by Gasteiger charge is -2.10. The van der Waals surface area contributed by atoms with E-state index in [1.165, 1.54) is 13.2 Å². The number of ether oxygens (including phenoxy) is 1. The fraction of sp³-hybridized carbons (Fsp3) is 0.438. The first-order valence-corrected chi connectivity index (χ1v) is 7.68. The Labute approximate surface area is 144 Å². The number of carboxylic acid groups (broad SMARTS) is 1. The van der Waals surface area contributed by atoms with E-state index >= 15 is 0 Å². The Bertz CT molecular complexity index is 689. The van der Waals surface area contributed by atoms with Gasteiger partial charge in [0.25, 0.3) is 0 Å². The Morgan fingerprint density at radius 2 is 1.92 bits per heavy atom. The molecule has 1 fully saturated rings. The van der Waals surface area contributed by atoms with Crippen LogP contribution in [0.3, 0.4) is 0 Å². The summed E-state index contributed by atoms with van der Waals surface area (Å²) in [6, 6.07) is 4.63. The lowest BCUT2D eigenvalue weighted by atomic mass is 10.1. The molecule has 2 atom stereocenters. The van der Waals surface area contributed by atoms with Crippen LogP contribution in [0.2, 0.25) is 5.02 Å². The summed E-state index contributed by atoms with van der Waals surface area (Å²) in [5.74, 6) is -2.97. The highest BCUT2D eigenvalue weighted by atomic mass is 35.5. The fourth-order valence-electron chi connectivity index (χ4n) is 2.82. The van der Waals surface area contributed by atoms with Gasteiger partial charge in [-0.2, -0.15) is 0 Å². The highest BCUT2D eigenvalue weighted by Gasteiger charge is 2.65. The molecule has 1 aliphatic carbocycles. The second kappa shape index (κ2) is 6.78. The van der Waals surface area contributed by atoms with Crippen LogP contribution >= 0.6 is 11.6 Å². The zero-order valence-electron chi connectivity index (χ0n) is 13.6. The summed E-state index contributed by atoms with van der Waals surface area (Å²) in [5.41, 5.74) is 0.252. The third kappa shape index (κ3) is 3.68. The predicted octanol–water partition coefficient (Wildman–Crippen LogP) is 2.22. The van der Waals surface area contributed by atoms with Crippen molar-refractivity contribution < 1.29 is 24.2 Å². The average Bonchev–Trinajstić information content (AvgIpc) is 3.05. The topological polar surface area (TPSA) is 105 Å². The van der Waals surface area contributed by atoms with Crippen molar-refractivity contribution in [3.8, 4) is 0 Å². The van der Waals surface area contributed by atoms with Crippen molar-refractivity contribution in [3.63, 3.8) is 0 Å². The summed E-state index contributed by atoms with van der Waals surface area (Å²) in [6.45, 7) is 3.40. The number of hydrogen-bond donors (Lipinski definition) is 3. The maximum Gasteiger partial charge on any atom is 0.307 e. The number of aliphatic carboxylic acids is 1. The molecule has 0 unspecified atom stereocenters. The molecular formula is C16H19ClN2O5. The molecule has 0 radical (unpaired) electrons. The first kappa shape index (κ1) is 18.2. The SMILES string of the molecule is COCC(=O)Nc1ccc(NC(=O)[C@H]2[C@H](C(=O)O)C2(C)C)cc1Cl. The van der Waals surface area contributed by atoms with E-state index in [0.717, 1.165) is 0 Å². The molecule has 1 aromatic carbocycles. The van der Waals surface area contributed by atoms with E-state index in [-0.39, 0.29) is 23.4 Å². The molecule has 130 valence electrons. The minimum absolute atomic E-state index is 0.0951. The van der Waals surface area contributed by atoms with Gasteiger partial charge in [-0.05, 0) is 23.6 Å². The highest BCUT2D eigenvalue weighted by Crippen LogP contribution is 2.58. The maximum absolute atomic E-state index is 12.3. The summed E-state index contributed by atoms with van der Waals surface area (Å²) in [6.07, 6.45) is 0. The Morgan fingerprint density at radius 1 is 1.25 bits per heavy atom. The molecule has 2 rings (SSSR count). The zero-order chi connectivity index (χ0) is 18.1. The van der Waals surface area contributed by atoms with Crippen LogP contribution in [0, 0.1) is 17.3 Å². The smallest absolute Gasteiger partial charge is 0.307 e. The molecule has 24 heavy (non-hydrogen) atoms. The first-order valence-electron chi connectivity index (χ1n) is 7.30. The molecule has 0 aliphatic heterocycles. The molecule has 0 aromatic heterocycles. The fourth-order valence-corrected chi connectivity index (χ4v) is 3.05. The van der Waals surface area contributed by atoms with Gasteiger partial charge in [0.1, 0.15) is 6.61 Å². The zero-order valence-corrected chi connectivity index (χ0v) is 14.3. The van der Waals surface area contributed by atoms with Gasteiger partial charge in [-0.1, -0.05) is 25.4 Å². The number of benzene rings is 1. The van der Waals surface area contributed by atoms with Gasteiger partial charge in [-0.25, -0.2) is 0 Å². The Hall–Kier alpha value is -2.12. The van der Waals surface area contributed by atoms with Crippen LogP contribution in [0.4, 0.5) is 11.4 Å². The molecule has 0 saturated heterocycles. The van der Waals surface area contributed by atoms with E-state index in [0.29, 0.717) is 11.4 Å². The summed E-state index contributed by atoms with van der Waals surface area (Å²) >= 11 is 6.09. The minimum atomic E-state index is -0.977.